The summed E-state index contributed by atoms with van der Waals surface area (Å²) in [4.78, 5) is 21.7. The van der Waals surface area contributed by atoms with Crippen molar-refractivity contribution in [2.45, 2.75) is 20.8 Å². The Bertz CT molecular complexity index is 800. The molecule has 0 aliphatic carbocycles. The average Bonchev–Trinajstić information content (AvgIpc) is 3.02. The molecule has 0 saturated carbocycles. The van der Waals surface area contributed by atoms with Crippen LogP contribution < -0.4 is 0 Å². The number of fused-ring (bicyclic) bond motifs is 1. The molecule has 0 N–H and O–H groups in total. The Balaban J connectivity index is 2.02. The van der Waals surface area contributed by atoms with Crippen LogP contribution in [0.15, 0.2) is 24.5 Å². The van der Waals surface area contributed by atoms with Crippen LogP contribution in [0.3, 0.4) is 0 Å². The highest BCUT2D eigenvalue weighted by molar-refractivity contribution is 7.15. The number of carbonyl (C=O) groups is 1. The van der Waals surface area contributed by atoms with Crippen LogP contribution in [-0.4, -0.2) is 26.9 Å². The van der Waals surface area contributed by atoms with Crippen LogP contribution in [0.2, 0.25) is 0 Å². The fraction of sp³-hybridized carbons (Fsp3) is 0.267. The minimum atomic E-state index is -0.399. The minimum Gasteiger partial charge on any atom is -0.461 e. The van der Waals surface area contributed by atoms with E-state index in [0.717, 1.165) is 16.3 Å². The van der Waals surface area contributed by atoms with E-state index in [1.54, 1.807) is 24.5 Å². The number of aromatic nitrogens is 3. The van der Waals surface area contributed by atoms with Gasteiger partial charge in [0.1, 0.15) is 10.7 Å². The molecule has 3 aromatic rings. The van der Waals surface area contributed by atoms with Gasteiger partial charge in [-0.15, -0.1) is 11.3 Å². The van der Waals surface area contributed by atoms with E-state index in [9.17, 15) is 4.79 Å². The van der Waals surface area contributed by atoms with E-state index in [0.29, 0.717) is 17.9 Å². The smallest absolute Gasteiger partial charge is 0.358 e. The van der Waals surface area contributed by atoms with E-state index in [1.807, 2.05) is 29.7 Å². The lowest BCUT2D eigenvalue weighted by molar-refractivity contribution is 0.0520. The molecule has 0 aliphatic rings. The molecule has 0 aliphatic heterocycles. The second-order valence-electron chi connectivity index (χ2n) is 4.69. The summed E-state index contributed by atoms with van der Waals surface area (Å²) >= 11 is 1.66. The van der Waals surface area contributed by atoms with Crippen molar-refractivity contribution < 1.29 is 9.53 Å². The van der Waals surface area contributed by atoms with Gasteiger partial charge in [0.25, 0.3) is 0 Å². The van der Waals surface area contributed by atoms with E-state index < -0.39 is 5.97 Å². The molecular formula is C15H15N3O2S. The topological polar surface area (TPSA) is 56.5 Å². The summed E-state index contributed by atoms with van der Waals surface area (Å²) in [6, 6.07) is 3.85. The van der Waals surface area contributed by atoms with E-state index in [2.05, 4.69) is 16.9 Å². The standard InChI is InChI=1S/C15H15N3O2S/c1-4-20-15(19)12-8-18-7-11(5-6-13(18)17-12)14-16-9(2)10(3)21-14/h5-8H,4H2,1-3H3. The van der Waals surface area contributed by atoms with E-state index >= 15 is 0 Å². The number of thiazole rings is 1. The van der Waals surface area contributed by atoms with Gasteiger partial charge in [0, 0.05) is 22.8 Å². The van der Waals surface area contributed by atoms with Gasteiger partial charge < -0.3 is 9.14 Å². The van der Waals surface area contributed by atoms with Gasteiger partial charge in [-0.05, 0) is 32.9 Å². The molecule has 3 rings (SSSR count). The Hall–Kier alpha value is -2.21. The van der Waals surface area contributed by atoms with Crippen molar-refractivity contribution >= 4 is 23.0 Å². The van der Waals surface area contributed by atoms with Gasteiger partial charge in [0.15, 0.2) is 5.69 Å². The molecule has 0 fully saturated rings. The lowest BCUT2D eigenvalue weighted by Gasteiger charge is -1.97. The zero-order valence-electron chi connectivity index (χ0n) is 12.1. The van der Waals surface area contributed by atoms with Gasteiger partial charge in [0.2, 0.25) is 0 Å². The fourth-order valence-corrected chi connectivity index (χ4v) is 2.92. The predicted octanol–water partition coefficient (Wildman–Crippen LogP) is 3.25. The van der Waals surface area contributed by atoms with Crippen molar-refractivity contribution in [3.05, 3.63) is 40.8 Å². The monoisotopic (exact) mass is 301 g/mol. The maximum Gasteiger partial charge on any atom is 0.358 e. The minimum absolute atomic E-state index is 0.320. The SMILES string of the molecule is CCOC(=O)c1cn2cc(-c3nc(C)c(C)s3)ccc2n1. The molecule has 5 nitrogen and oxygen atoms in total. The Morgan fingerprint density at radius 3 is 2.76 bits per heavy atom. The number of hydrogen-bond acceptors (Lipinski definition) is 5. The normalized spacial score (nSPS) is 11.0. The van der Waals surface area contributed by atoms with Crippen LogP contribution in [0.25, 0.3) is 16.2 Å². The maximum atomic E-state index is 11.7. The Labute approximate surface area is 126 Å². The summed E-state index contributed by atoms with van der Waals surface area (Å²) in [7, 11) is 0. The summed E-state index contributed by atoms with van der Waals surface area (Å²) in [5.41, 5.74) is 3.09. The summed E-state index contributed by atoms with van der Waals surface area (Å²) in [5.74, 6) is -0.399. The van der Waals surface area contributed by atoms with Crippen molar-refractivity contribution in [2.75, 3.05) is 6.61 Å². The maximum absolute atomic E-state index is 11.7. The second-order valence-corrected chi connectivity index (χ2v) is 5.89. The molecule has 6 heteroatoms. The van der Waals surface area contributed by atoms with Gasteiger partial charge in [-0.25, -0.2) is 14.8 Å². The Kier molecular flexibility index (Phi) is 3.47. The molecule has 0 amide bonds. The van der Waals surface area contributed by atoms with Crippen LogP contribution >= 0.6 is 11.3 Å². The Morgan fingerprint density at radius 1 is 1.29 bits per heavy atom. The molecule has 3 aromatic heterocycles. The van der Waals surface area contributed by atoms with E-state index in [-0.39, 0.29) is 0 Å². The van der Waals surface area contributed by atoms with Crippen LogP contribution in [-0.2, 0) is 4.74 Å². The molecule has 0 unspecified atom stereocenters. The number of pyridine rings is 1. The number of aryl methyl sites for hydroxylation is 2. The van der Waals surface area contributed by atoms with E-state index in [1.165, 1.54) is 4.88 Å². The van der Waals surface area contributed by atoms with Crippen LogP contribution in [0.1, 0.15) is 28.0 Å². The number of carbonyl (C=O) groups excluding carboxylic acids is 1. The van der Waals surface area contributed by atoms with Crippen molar-refractivity contribution in [3.8, 4) is 10.6 Å². The van der Waals surface area contributed by atoms with Crippen LogP contribution in [0.4, 0.5) is 0 Å². The molecular weight excluding hydrogens is 286 g/mol. The molecule has 0 radical (unpaired) electrons. The van der Waals surface area contributed by atoms with Gasteiger partial charge >= 0.3 is 5.97 Å². The highest BCUT2D eigenvalue weighted by Crippen LogP contribution is 2.27. The third-order valence-electron chi connectivity index (χ3n) is 3.21. The lowest BCUT2D eigenvalue weighted by atomic mass is 10.3. The number of imidazole rings is 1. The average molecular weight is 301 g/mol. The van der Waals surface area contributed by atoms with Crippen LogP contribution in [0.5, 0.6) is 0 Å². The Morgan fingerprint density at radius 2 is 2.10 bits per heavy atom. The van der Waals surface area contributed by atoms with Gasteiger partial charge in [-0.3, -0.25) is 0 Å². The fourth-order valence-electron chi connectivity index (χ4n) is 2.02. The summed E-state index contributed by atoms with van der Waals surface area (Å²) in [6.45, 7) is 6.18. The number of hydrogen-bond donors (Lipinski definition) is 0. The lowest BCUT2D eigenvalue weighted by Crippen LogP contribution is -2.04. The number of esters is 1. The first-order valence-corrected chi connectivity index (χ1v) is 7.50. The second kappa shape index (κ2) is 5.29. The molecule has 0 aromatic carbocycles. The largest absolute Gasteiger partial charge is 0.461 e. The van der Waals surface area contributed by atoms with Crippen LogP contribution in [0, 0.1) is 13.8 Å². The van der Waals surface area contributed by atoms with Gasteiger partial charge in [-0.2, -0.15) is 0 Å². The van der Waals surface area contributed by atoms with Crippen molar-refractivity contribution in [1.82, 2.24) is 14.4 Å². The molecule has 21 heavy (non-hydrogen) atoms. The quantitative estimate of drug-likeness (QED) is 0.697. The van der Waals surface area contributed by atoms with E-state index in [4.69, 9.17) is 4.74 Å². The van der Waals surface area contributed by atoms with Gasteiger partial charge in [-0.1, -0.05) is 0 Å². The molecule has 0 spiro atoms. The van der Waals surface area contributed by atoms with Gasteiger partial charge in [0.05, 0.1) is 12.3 Å². The summed E-state index contributed by atoms with van der Waals surface area (Å²) in [6.07, 6.45) is 3.62. The van der Waals surface area contributed by atoms with Crippen molar-refractivity contribution in [2.24, 2.45) is 0 Å². The zero-order chi connectivity index (χ0) is 15.0. The molecule has 108 valence electrons. The highest BCUT2D eigenvalue weighted by atomic mass is 32.1. The molecule has 0 saturated heterocycles. The molecule has 0 atom stereocenters. The number of nitrogens with zero attached hydrogens (tertiary/aromatic N) is 3. The third kappa shape index (κ3) is 2.54. The summed E-state index contributed by atoms with van der Waals surface area (Å²) < 4.78 is 6.79. The van der Waals surface area contributed by atoms with Crippen molar-refractivity contribution in [3.63, 3.8) is 0 Å². The number of ether oxygens (including phenoxy) is 1. The molecule has 0 bridgehead atoms. The third-order valence-corrected chi connectivity index (χ3v) is 4.33. The highest BCUT2D eigenvalue weighted by Gasteiger charge is 2.13. The summed E-state index contributed by atoms with van der Waals surface area (Å²) in [5, 5.41) is 0.971. The zero-order valence-corrected chi connectivity index (χ0v) is 12.9. The number of rotatable bonds is 3. The first-order chi connectivity index (χ1) is 10.1. The predicted molar refractivity (Wildman–Crippen MR) is 81.7 cm³/mol. The van der Waals surface area contributed by atoms with Crippen molar-refractivity contribution in [1.29, 1.82) is 0 Å². The first-order valence-electron chi connectivity index (χ1n) is 6.68. The molecule has 3 heterocycles. The first kappa shape index (κ1) is 13.8.